The van der Waals surface area contributed by atoms with Gasteiger partial charge in [0.2, 0.25) is 0 Å². The lowest BCUT2D eigenvalue weighted by molar-refractivity contribution is 0.150. The number of hydrogen-bond acceptors (Lipinski definition) is 3. The van der Waals surface area contributed by atoms with Crippen LogP contribution in [0.4, 0.5) is 10.5 Å². The molecule has 76 valence electrons. The number of ether oxygens (including phenoxy) is 1. The van der Waals surface area contributed by atoms with Crippen LogP contribution < -0.4 is 10.5 Å². The fourth-order valence-corrected chi connectivity index (χ4v) is 1.31. The van der Waals surface area contributed by atoms with E-state index in [0.717, 1.165) is 5.56 Å². The average molecular weight is 215 g/mol. The largest absolute Gasteiger partial charge is 0.415 e. The van der Waals surface area contributed by atoms with Crippen molar-refractivity contribution in [3.63, 3.8) is 0 Å². The van der Waals surface area contributed by atoms with Crippen LogP contribution in [0.5, 0.6) is 5.75 Å². The van der Waals surface area contributed by atoms with Gasteiger partial charge in [-0.05, 0) is 18.2 Å². The molecule has 0 saturated carbocycles. The first-order valence-electron chi connectivity index (χ1n) is 3.98. The Morgan fingerprint density at radius 3 is 2.93 bits per heavy atom. The highest BCUT2D eigenvalue weighted by Crippen LogP contribution is 2.26. The molecule has 0 aromatic heterocycles. The Morgan fingerprint density at radius 2 is 2.21 bits per heavy atom. The summed E-state index contributed by atoms with van der Waals surface area (Å²) in [5, 5.41) is 0. The quantitative estimate of drug-likeness (QED) is 0.668. The van der Waals surface area contributed by atoms with E-state index in [2.05, 4.69) is 0 Å². The Labute approximate surface area is 88.0 Å². The smallest absolute Gasteiger partial charge is 0.410 e. The molecule has 0 radical (unpaired) electrons. The number of halogens is 1. The molecule has 1 aliphatic rings. The standard InChI is InChI=1S/C9H10N2O2.ClH/c1-11-5-6-4-7(10)2-3-8(6)13-9(11)12;/h2-4H,5,10H2,1H3;1H. The number of nitrogens with zero attached hydrogens (tertiary/aromatic N) is 1. The zero-order chi connectivity index (χ0) is 9.42. The molecule has 1 heterocycles. The van der Waals surface area contributed by atoms with E-state index in [4.69, 9.17) is 10.5 Å². The second kappa shape index (κ2) is 3.75. The minimum absolute atomic E-state index is 0. The van der Waals surface area contributed by atoms with E-state index in [1.54, 1.807) is 19.2 Å². The third kappa shape index (κ3) is 1.75. The van der Waals surface area contributed by atoms with Gasteiger partial charge >= 0.3 is 6.09 Å². The number of nitrogen functional groups attached to an aromatic ring is 1. The molecular weight excluding hydrogens is 204 g/mol. The Hall–Kier alpha value is -1.42. The van der Waals surface area contributed by atoms with E-state index in [1.165, 1.54) is 4.90 Å². The Kier molecular flexibility index (Phi) is 2.86. The van der Waals surface area contributed by atoms with Crippen molar-refractivity contribution in [2.45, 2.75) is 6.54 Å². The van der Waals surface area contributed by atoms with Crippen LogP contribution in [0.1, 0.15) is 5.56 Å². The fourth-order valence-electron chi connectivity index (χ4n) is 1.31. The van der Waals surface area contributed by atoms with Gasteiger partial charge in [-0.2, -0.15) is 0 Å². The molecule has 0 bridgehead atoms. The van der Waals surface area contributed by atoms with E-state index < -0.39 is 0 Å². The monoisotopic (exact) mass is 214 g/mol. The molecule has 1 aromatic carbocycles. The van der Waals surface area contributed by atoms with Gasteiger partial charge in [0.05, 0.1) is 6.54 Å². The highest BCUT2D eigenvalue weighted by atomic mass is 35.5. The first kappa shape index (κ1) is 10.7. The Balaban J connectivity index is 0.000000980. The number of nitrogens with two attached hydrogens (primary N) is 1. The molecule has 1 aliphatic heterocycles. The van der Waals surface area contributed by atoms with Crippen LogP contribution in [0.2, 0.25) is 0 Å². The van der Waals surface area contributed by atoms with Crippen molar-refractivity contribution in [3.05, 3.63) is 23.8 Å². The first-order chi connectivity index (χ1) is 6.16. The van der Waals surface area contributed by atoms with Gasteiger partial charge in [-0.3, -0.25) is 0 Å². The Bertz CT molecular complexity index is 368. The highest BCUT2D eigenvalue weighted by Gasteiger charge is 2.21. The number of benzene rings is 1. The predicted molar refractivity (Wildman–Crippen MR) is 55.6 cm³/mol. The summed E-state index contributed by atoms with van der Waals surface area (Å²) < 4.78 is 5.03. The lowest BCUT2D eigenvalue weighted by Gasteiger charge is -2.24. The lowest BCUT2D eigenvalue weighted by Crippen LogP contribution is -2.33. The van der Waals surface area contributed by atoms with E-state index in [0.29, 0.717) is 18.0 Å². The number of rotatable bonds is 0. The fraction of sp³-hybridized carbons (Fsp3) is 0.222. The molecule has 0 fully saturated rings. The van der Waals surface area contributed by atoms with E-state index in [9.17, 15) is 4.79 Å². The van der Waals surface area contributed by atoms with Crippen molar-refractivity contribution in [3.8, 4) is 5.75 Å². The second-order valence-corrected chi connectivity index (χ2v) is 3.09. The second-order valence-electron chi connectivity index (χ2n) is 3.09. The third-order valence-corrected chi connectivity index (χ3v) is 2.00. The maximum Gasteiger partial charge on any atom is 0.415 e. The number of anilines is 1. The van der Waals surface area contributed by atoms with Gasteiger partial charge in [-0.15, -0.1) is 12.4 Å². The van der Waals surface area contributed by atoms with Gasteiger partial charge in [0.15, 0.2) is 0 Å². The number of carbonyl (C=O) groups is 1. The maximum atomic E-state index is 11.1. The maximum absolute atomic E-state index is 11.1. The molecule has 0 unspecified atom stereocenters. The molecule has 0 atom stereocenters. The minimum atomic E-state index is -0.322. The summed E-state index contributed by atoms with van der Waals surface area (Å²) in [6.45, 7) is 0.555. The summed E-state index contributed by atoms with van der Waals surface area (Å²) in [6.07, 6.45) is -0.322. The van der Waals surface area contributed by atoms with Crippen LogP contribution in [0.25, 0.3) is 0 Å². The molecule has 4 nitrogen and oxygen atoms in total. The molecule has 5 heteroatoms. The van der Waals surface area contributed by atoms with Gasteiger partial charge in [0.1, 0.15) is 5.75 Å². The van der Waals surface area contributed by atoms with Gasteiger partial charge in [-0.25, -0.2) is 4.79 Å². The molecule has 14 heavy (non-hydrogen) atoms. The molecule has 0 aliphatic carbocycles. The topological polar surface area (TPSA) is 55.6 Å². The molecule has 0 saturated heterocycles. The highest BCUT2D eigenvalue weighted by molar-refractivity contribution is 5.85. The Morgan fingerprint density at radius 1 is 1.50 bits per heavy atom. The van der Waals surface area contributed by atoms with E-state index in [-0.39, 0.29) is 18.5 Å². The van der Waals surface area contributed by atoms with Crippen LogP contribution in [0.15, 0.2) is 18.2 Å². The van der Waals surface area contributed by atoms with Crippen LogP contribution in [0.3, 0.4) is 0 Å². The third-order valence-electron chi connectivity index (χ3n) is 2.00. The summed E-state index contributed by atoms with van der Waals surface area (Å²) in [5.41, 5.74) is 7.23. The molecule has 2 N–H and O–H groups in total. The average Bonchev–Trinajstić information content (AvgIpc) is 2.08. The van der Waals surface area contributed by atoms with Crippen LogP contribution in [-0.4, -0.2) is 18.0 Å². The van der Waals surface area contributed by atoms with Crippen molar-refractivity contribution in [2.75, 3.05) is 12.8 Å². The van der Waals surface area contributed by atoms with Crippen LogP contribution in [-0.2, 0) is 6.54 Å². The van der Waals surface area contributed by atoms with Gasteiger partial charge in [-0.1, -0.05) is 0 Å². The predicted octanol–water partition coefficient (Wildman–Crippen LogP) is 1.63. The summed E-state index contributed by atoms with van der Waals surface area (Å²) in [6, 6.07) is 5.26. The van der Waals surface area contributed by atoms with E-state index >= 15 is 0 Å². The molecule has 0 spiro atoms. The number of carbonyl (C=O) groups excluding carboxylic acids is 1. The lowest BCUT2D eigenvalue weighted by atomic mass is 10.1. The number of fused-ring (bicyclic) bond motifs is 1. The SMILES string of the molecule is CN1Cc2cc(N)ccc2OC1=O.Cl. The van der Waals surface area contributed by atoms with Crippen molar-refractivity contribution in [1.29, 1.82) is 0 Å². The molecular formula is C9H11ClN2O2. The van der Waals surface area contributed by atoms with Gasteiger partial charge in [0, 0.05) is 18.3 Å². The zero-order valence-electron chi connectivity index (χ0n) is 7.69. The van der Waals surface area contributed by atoms with E-state index in [1.807, 2.05) is 6.07 Å². The van der Waals surface area contributed by atoms with Crippen molar-refractivity contribution in [2.24, 2.45) is 0 Å². The number of amides is 1. The normalized spacial score (nSPS) is 14.1. The summed E-state index contributed by atoms with van der Waals surface area (Å²) >= 11 is 0. The zero-order valence-corrected chi connectivity index (χ0v) is 8.50. The van der Waals surface area contributed by atoms with Gasteiger partial charge in [0.25, 0.3) is 0 Å². The minimum Gasteiger partial charge on any atom is -0.410 e. The summed E-state index contributed by atoms with van der Waals surface area (Å²) in [5.74, 6) is 0.609. The molecule has 1 amide bonds. The summed E-state index contributed by atoms with van der Waals surface area (Å²) in [7, 11) is 1.69. The molecule has 2 rings (SSSR count). The van der Waals surface area contributed by atoms with Crippen LogP contribution in [0, 0.1) is 0 Å². The van der Waals surface area contributed by atoms with Crippen LogP contribution >= 0.6 is 12.4 Å². The van der Waals surface area contributed by atoms with Crippen molar-refractivity contribution >= 4 is 24.2 Å². The molecule has 1 aromatic rings. The van der Waals surface area contributed by atoms with Crippen molar-refractivity contribution in [1.82, 2.24) is 4.90 Å². The number of hydrogen-bond donors (Lipinski definition) is 1. The first-order valence-corrected chi connectivity index (χ1v) is 3.98. The summed E-state index contributed by atoms with van der Waals surface area (Å²) in [4.78, 5) is 12.6. The van der Waals surface area contributed by atoms with Gasteiger partial charge < -0.3 is 15.4 Å². The van der Waals surface area contributed by atoms with Crippen molar-refractivity contribution < 1.29 is 9.53 Å².